The second-order valence-corrected chi connectivity index (χ2v) is 27.9. The Kier molecular flexibility index (Phi) is 37.6. The number of carboxylic acids is 4. The summed E-state index contributed by atoms with van der Waals surface area (Å²) >= 11 is 22.4. The average molecular weight is 1780 g/mol. The molecule has 6 aliphatic heterocycles. The molecule has 10 heterocycles. The Morgan fingerprint density at radius 3 is 1.28 bits per heavy atom. The Balaban J connectivity index is 0.000000376. The van der Waals surface area contributed by atoms with Gasteiger partial charge in [-0.15, -0.1) is 93.8 Å². The van der Waals surface area contributed by atoms with Gasteiger partial charge in [0.25, 0.3) is 39.0 Å². The molecule has 3 fully saturated rings. The van der Waals surface area contributed by atoms with E-state index in [2.05, 4.69) is 64.4 Å². The molecule has 0 spiro atoms. The highest BCUT2D eigenvalue weighted by atomic mass is 127. The molecule has 3 saturated heterocycles. The molecule has 0 aromatic carbocycles. The third-order valence-corrected chi connectivity index (χ3v) is 21.4. The highest BCUT2D eigenvalue weighted by Gasteiger charge is 2.56. The zero-order valence-electron chi connectivity index (χ0n) is 53.8. The summed E-state index contributed by atoms with van der Waals surface area (Å²) in [5.74, 6) is -9.30. The van der Waals surface area contributed by atoms with E-state index in [0.717, 1.165) is 70.6 Å². The van der Waals surface area contributed by atoms with E-state index in [1.165, 1.54) is 83.6 Å². The van der Waals surface area contributed by atoms with Crippen LogP contribution in [0, 0.1) is 0 Å². The quantitative estimate of drug-likeness (QED) is 0.00665. The number of nitrogens with one attached hydrogen (secondary N) is 2. The molecule has 49 heteroatoms. The number of alkyl halides is 2. The van der Waals surface area contributed by atoms with Crippen LogP contribution in [0.25, 0.3) is 0 Å². The van der Waals surface area contributed by atoms with E-state index < -0.39 is 117 Å². The van der Waals surface area contributed by atoms with Crippen LogP contribution in [0.4, 0.5) is 5.13 Å². The molecule has 6 unspecified atom stereocenters. The molecule has 106 heavy (non-hydrogen) atoms. The number of thioether (sulfide) groups is 6. The first-order valence-electron chi connectivity index (χ1n) is 28.2. The Hall–Kier alpha value is -8.40. The fourth-order valence-electron chi connectivity index (χ4n) is 8.98. The maximum absolute atomic E-state index is 12.8. The Morgan fingerprint density at radius 2 is 0.962 bits per heavy atom. The molecule has 0 bridgehead atoms. The molecule has 4 aromatic rings. The number of aliphatic carboxylic acids is 4. The van der Waals surface area contributed by atoms with Gasteiger partial charge in [-0.1, -0.05) is 58.2 Å². The number of hydrogen-bond acceptors (Lipinski definition) is 34. The molecule has 0 saturated carbocycles. The van der Waals surface area contributed by atoms with Crippen LogP contribution >= 0.6 is 141 Å². The molecule has 3 radical (unpaired) electrons. The van der Waals surface area contributed by atoms with Crippen LogP contribution in [-0.4, -0.2) is 253 Å². The summed E-state index contributed by atoms with van der Waals surface area (Å²) in [7, 11) is 3.54. The largest absolute Gasteiger partial charge is 0.477 e. The number of hydrogen-bond donors (Lipinski definition) is 10. The molecule has 10 rings (SSSR count). The number of carbonyl (C=O) groups excluding carboxylic acids is 10. The number of amides is 5. The summed E-state index contributed by atoms with van der Waals surface area (Å²) in [6.45, 7) is 0. The minimum atomic E-state index is -1.45. The number of aromatic nitrogens is 1. The predicted octanol–water partition coefficient (Wildman–Crippen LogP) is 2.36. The van der Waals surface area contributed by atoms with Crippen molar-refractivity contribution in [2.45, 2.75) is 41.7 Å². The number of thiazole rings is 1. The molecule has 4 aromatic heterocycles. The third-order valence-electron chi connectivity index (χ3n) is 13.4. The van der Waals surface area contributed by atoms with Crippen molar-refractivity contribution in [1.82, 2.24) is 30.3 Å². The number of anilines is 1. The minimum Gasteiger partial charge on any atom is -0.477 e. The van der Waals surface area contributed by atoms with Crippen LogP contribution in [0.5, 0.6) is 0 Å². The summed E-state index contributed by atoms with van der Waals surface area (Å²) in [6, 6.07) is 6.62. The molecule has 5 amide bonds. The zero-order chi connectivity index (χ0) is 76.1. The van der Waals surface area contributed by atoms with E-state index in [4.69, 9.17) is 57.9 Å². The van der Waals surface area contributed by atoms with Gasteiger partial charge in [-0.2, -0.15) is 0 Å². The van der Waals surface area contributed by atoms with Crippen LogP contribution in [0.15, 0.2) is 123 Å². The first kappa shape index (κ1) is 91.8. The van der Waals surface area contributed by atoms with Crippen molar-refractivity contribution in [2.24, 2.45) is 32.7 Å². The lowest BCUT2D eigenvalue weighted by atomic mass is 10.0. The highest BCUT2D eigenvalue weighted by molar-refractivity contribution is 14.0. The Morgan fingerprint density at radius 1 is 0.613 bits per heavy atom. The first-order valence-corrected chi connectivity index (χ1v) is 36.6. The summed E-state index contributed by atoms with van der Waals surface area (Å²) in [6.07, 6.45) is 4.13. The molecular weight excluding hydrogens is 1720 g/mol. The number of β-lactam (4-membered cyclic amide) rings is 3. The minimum absolute atomic E-state index is 0. The standard InChI is InChI=1S/C19H17N5O7S3.C18H16ClN3O8S2.C13H12N2O5S2.C5H6ClNO4.CH4N2S.CH4.B.HI/c1-30-23-11(9-7-34-19(20)21-9)14(25)22-12-15(26)24-13(17(27)28)8(5-32-16(12)24)6-33-18(29)10-3-2-4-31-10;1-29-21-11(9(23)5-19)14(24)20-12-15(25)22-13(17(26)27)8(6-31-16(12)22)7-32-18(28)10-3-2-4-30-10;14-8-10(16)15-9(12(17)18)6(4-21-11(8)15)5-22-13(19)7-2-1-3-20-7;1-11-7-4(5(9)10)3(8)2-6;2-1(3)4;;;/h2-4,7,12,16H,5-6H2,1H3,(H2,20,21)(H,22,25)(H,27,28);2-4,12,16H,5-7H2,1H3,(H,20,24)(H,26,27);1-3,8,11H,4-5,14H2,(H,17,18);2H2,1H3,(H,9,10);(H4,2,3,4);1H4;;1H/b23-11-;21-11-;;7-4-;;;;. The molecule has 37 nitrogen and oxygen atoms in total. The lowest BCUT2D eigenvalue weighted by molar-refractivity contribution is -0.150. The number of halogens is 3. The third kappa shape index (κ3) is 23.1. The fraction of sp³-hybridized carbons (Fsp3) is 0.316. The molecule has 6 aliphatic rings. The Labute approximate surface area is 662 Å². The van der Waals surface area contributed by atoms with Gasteiger partial charge < -0.3 is 81.8 Å². The molecule has 0 aliphatic carbocycles. The number of nitrogens with two attached hydrogens (primary N) is 4. The van der Waals surface area contributed by atoms with Gasteiger partial charge in [0, 0.05) is 48.3 Å². The normalized spacial score (nSPS) is 18.9. The zero-order valence-corrected chi connectivity index (χ0v) is 64.2. The fourth-order valence-corrected chi connectivity index (χ4v) is 16.6. The van der Waals surface area contributed by atoms with E-state index in [1.54, 1.807) is 24.3 Å². The summed E-state index contributed by atoms with van der Waals surface area (Å²) in [5.41, 5.74) is 20.2. The highest BCUT2D eigenvalue weighted by Crippen LogP contribution is 2.44. The maximum Gasteiger partial charge on any atom is 0.361 e. The van der Waals surface area contributed by atoms with Crippen molar-refractivity contribution in [3.63, 3.8) is 0 Å². The van der Waals surface area contributed by atoms with E-state index in [0.29, 0.717) is 22.5 Å². The number of ketones is 2. The maximum atomic E-state index is 12.8. The van der Waals surface area contributed by atoms with Gasteiger partial charge >= 0.3 is 23.9 Å². The average Bonchev–Trinajstić information content (AvgIpc) is 0.877. The first-order chi connectivity index (χ1) is 49.0. The molecule has 6 atom stereocenters. The topological polar surface area (TPSA) is 575 Å². The summed E-state index contributed by atoms with van der Waals surface area (Å²) in [5, 5.41) is 51.2. The van der Waals surface area contributed by atoms with Gasteiger partial charge in [0.05, 0.1) is 30.5 Å². The number of thiocarbonyl (C=S) groups is 1. The van der Waals surface area contributed by atoms with Gasteiger partial charge in [0.15, 0.2) is 33.2 Å². The number of furan rings is 3. The van der Waals surface area contributed by atoms with Crippen LogP contribution < -0.4 is 33.6 Å². The van der Waals surface area contributed by atoms with Gasteiger partial charge in [-0.05, 0) is 65.3 Å². The van der Waals surface area contributed by atoms with Crippen LogP contribution in [0.3, 0.4) is 0 Å². The van der Waals surface area contributed by atoms with E-state index >= 15 is 0 Å². The van der Waals surface area contributed by atoms with Crippen LogP contribution in [-0.2, 0) is 67.3 Å². The van der Waals surface area contributed by atoms with Crippen molar-refractivity contribution < 1.29 is 115 Å². The monoisotopic (exact) mass is 1770 g/mol. The van der Waals surface area contributed by atoms with Gasteiger partial charge in [-0.3, -0.25) is 62.6 Å². The van der Waals surface area contributed by atoms with Crippen LogP contribution in [0.1, 0.15) is 44.8 Å². The molecular formula is C57H60BCl2IN13O24S8. The Bertz CT molecular complexity index is 4180. The van der Waals surface area contributed by atoms with Gasteiger partial charge in [0.1, 0.15) is 78.4 Å². The van der Waals surface area contributed by atoms with Crippen LogP contribution in [0.2, 0.25) is 0 Å². The molecule has 14 N–H and O–H groups in total. The van der Waals surface area contributed by atoms with Crippen molar-refractivity contribution >= 4 is 257 Å². The number of nitrogens with zero attached hydrogens (tertiary/aromatic N) is 7. The number of fused-ring (bicyclic) bond motifs is 3. The summed E-state index contributed by atoms with van der Waals surface area (Å²) in [4.78, 5) is 187. The van der Waals surface area contributed by atoms with Crippen molar-refractivity contribution in [3.8, 4) is 0 Å². The lowest BCUT2D eigenvalue weighted by Gasteiger charge is -2.49. The SMILES string of the molecule is C.CO/N=C(/C(=O)CCl)C(=O)NC1C(=O)N2C(C(=O)O)=C(CSC(=O)c3ccco3)CSC12.CO/N=C(\C(=O)NC1C(=O)N2C(C(=O)O)=C(CSC(=O)c3ccco3)CSC12)c1csc(N)n1.CO/N=C(\C(=O)O)C(=O)CCl.I.NC(N)=S.NC1C(=O)N2C(C(=O)O)=C(CSC(=O)c3ccco3)CSC12.[B]. The van der Waals surface area contributed by atoms with Crippen molar-refractivity contribution in [1.29, 1.82) is 0 Å². The van der Waals surface area contributed by atoms with Crippen molar-refractivity contribution in [2.75, 3.05) is 73.3 Å². The van der Waals surface area contributed by atoms with Crippen molar-refractivity contribution in [3.05, 3.63) is 117 Å². The number of nitrogen functional groups attached to an aromatic ring is 1. The number of rotatable bonds is 25. The second-order valence-electron chi connectivity index (χ2n) is 19.8. The molecule has 569 valence electrons. The van der Waals surface area contributed by atoms with E-state index in [-0.39, 0.29) is 145 Å². The summed E-state index contributed by atoms with van der Waals surface area (Å²) < 4.78 is 15.1. The lowest BCUT2D eigenvalue weighted by Crippen LogP contribution is -2.71. The number of oxime groups is 3. The van der Waals surface area contributed by atoms with E-state index in [9.17, 15) is 82.4 Å². The number of Topliss-reactive ketones (excluding diaryl/α,β-unsaturated/α-hetero) is 2. The van der Waals surface area contributed by atoms with Gasteiger partial charge in [0.2, 0.25) is 28.9 Å². The number of carbonyl (C=O) groups is 14. The smallest absolute Gasteiger partial charge is 0.361 e. The second kappa shape index (κ2) is 43.4. The number of carboxylic acid groups (broad SMARTS) is 4. The predicted molar refractivity (Wildman–Crippen MR) is 409 cm³/mol. The van der Waals surface area contributed by atoms with E-state index in [1.807, 2.05) is 0 Å². The van der Waals surface area contributed by atoms with Gasteiger partial charge in [-0.25, -0.2) is 24.2 Å².